The summed E-state index contributed by atoms with van der Waals surface area (Å²) in [4.78, 5) is 29.2. The van der Waals surface area contributed by atoms with Gasteiger partial charge in [0.25, 0.3) is 5.91 Å². The van der Waals surface area contributed by atoms with Gasteiger partial charge >= 0.3 is 6.18 Å². The highest BCUT2D eigenvalue weighted by molar-refractivity contribution is 7.17. The van der Waals surface area contributed by atoms with Crippen LogP contribution in [-0.4, -0.2) is 16.8 Å². The number of aromatic nitrogens is 1. The van der Waals surface area contributed by atoms with Crippen molar-refractivity contribution in [1.29, 1.82) is 0 Å². The second-order valence-electron chi connectivity index (χ2n) is 7.30. The van der Waals surface area contributed by atoms with Gasteiger partial charge in [0.2, 0.25) is 5.91 Å². The van der Waals surface area contributed by atoms with Crippen LogP contribution in [0.1, 0.15) is 33.8 Å². The van der Waals surface area contributed by atoms with Crippen molar-refractivity contribution in [3.63, 3.8) is 0 Å². The molecule has 0 aliphatic heterocycles. The average Bonchev–Trinajstić information content (AvgIpc) is 3.51. The minimum atomic E-state index is -4.40. The summed E-state index contributed by atoms with van der Waals surface area (Å²) < 4.78 is 38.2. The van der Waals surface area contributed by atoms with Gasteiger partial charge in [0.15, 0.2) is 0 Å². The van der Waals surface area contributed by atoms with Crippen molar-refractivity contribution in [3.8, 4) is 10.6 Å². The minimum absolute atomic E-state index is 0.00728. The maximum atomic E-state index is 12.7. The van der Waals surface area contributed by atoms with Gasteiger partial charge in [0, 0.05) is 22.9 Å². The molecule has 3 aromatic rings. The van der Waals surface area contributed by atoms with E-state index in [4.69, 9.17) is 0 Å². The summed E-state index contributed by atoms with van der Waals surface area (Å²) in [6.07, 6.45) is -2.57. The second-order valence-corrected chi connectivity index (χ2v) is 8.30. The summed E-state index contributed by atoms with van der Waals surface area (Å²) >= 11 is 1.11. The highest BCUT2D eigenvalue weighted by Gasteiger charge is 2.30. The average molecular weight is 445 g/mol. The molecule has 0 saturated heterocycles. The second kappa shape index (κ2) is 8.14. The molecule has 5 nitrogen and oxygen atoms in total. The quantitative estimate of drug-likeness (QED) is 0.526. The molecule has 0 bridgehead atoms. The number of nitrogens with zero attached hydrogens (tertiary/aromatic N) is 1. The van der Waals surface area contributed by atoms with E-state index >= 15 is 0 Å². The van der Waals surface area contributed by atoms with E-state index in [1.54, 1.807) is 31.2 Å². The maximum absolute atomic E-state index is 12.7. The number of thiazole rings is 1. The standard InChI is InChI=1S/C22H18F3N3O2S/c1-12-18(31-21(26-12)14-4-6-15(7-5-14)22(23,24)25)20(30)28-17-10-8-16(9-11-17)27-19(29)13-2-3-13/h4-11,13H,2-3H2,1H3,(H,27,29)(H,28,30). The molecule has 1 aliphatic carbocycles. The van der Waals surface area contributed by atoms with E-state index in [2.05, 4.69) is 15.6 Å². The number of anilines is 2. The Bertz CT molecular complexity index is 1120. The monoisotopic (exact) mass is 445 g/mol. The smallest absolute Gasteiger partial charge is 0.326 e. The fourth-order valence-corrected chi connectivity index (χ4v) is 3.91. The Hall–Kier alpha value is -3.20. The van der Waals surface area contributed by atoms with Gasteiger partial charge in [0.1, 0.15) is 9.88 Å². The van der Waals surface area contributed by atoms with E-state index < -0.39 is 11.7 Å². The topological polar surface area (TPSA) is 71.1 Å². The van der Waals surface area contributed by atoms with Crippen LogP contribution in [0.2, 0.25) is 0 Å². The molecule has 1 fully saturated rings. The molecular weight excluding hydrogens is 427 g/mol. The summed E-state index contributed by atoms with van der Waals surface area (Å²) in [6.45, 7) is 1.68. The molecule has 2 amide bonds. The predicted molar refractivity (Wildman–Crippen MR) is 113 cm³/mol. The normalized spacial score (nSPS) is 13.7. The van der Waals surface area contributed by atoms with Crippen LogP contribution < -0.4 is 10.6 Å². The van der Waals surface area contributed by atoms with E-state index in [-0.39, 0.29) is 17.7 Å². The molecule has 1 heterocycles. The van der Waals surface area contributed by atoms with E-state index in [1.807, 2.05) is 0 Å². The summed E-state index contributed by atoms with van der Waals surface area (Å²) in [5, 5.41) is 6.08. The Morgan fingerprint density at radius 2 is 1.55 bits per heavy atom. The van der Waals surface area contributed by atoms with Crippen LogP contribution in [0.15, 0.2) is 48.5 Å². The molecule has 4 rings (SSSR count). The highest BCUT2D eigenvalue weighted by atomic mass is 32.1. The van der Waals surface area contributed by atoms with Gasteiger partial charge in [-0.1, -0.05) is 12.1 Å². The van der Waals surface area contributed by atoms with Crippen LogP contribution in [0.4, 0.5) is 24.5 Å². The lowest BCUT2D eigenvalue weighted by Gasteiger charge is -2.07. The number of halogens is 3. The lowest BCUT2D eigenvalue weighted by atomic mass is 10.1. The maximum Gasteiger partial charge on any atom is 0.416 e. The lowest BCUT2D eigenvalue weighted by Crippen LogP contribution is -2.14. The number of rotatable bonds is 5. The van der Waals surface area contributed by atoms with Crippen molar-refractivity contribution in [3.05, 3.63) is 64.7 Å². The van der Waals surface area contributed by atoms with Crippen LogP contribution >= 0.6 is 11.3 Å². The molecule has 0 spiro atoms. The molecule has 0 atom stereocenters. The molecule has 31 heavy (non-hydrogen) atoms. The van der Waals surface area contributed by atoms with Crippen LogP contribution in [-0.2, 0) is 11.0 Å². The van der Waals surface area contributed by atoms with E-state index in [0.717, 1.165) is 36.3 Å². The van der Waals surface area contributed by atoms with Crippen molar-refractivity contribution in [1.82, 2.24) is 4.98 Å². The zero-order valence-corrected chi connectivity index (χ0v) is 17.2. The third-order valence-electron chi connectivity index (χ3n) is 4.82. The number of aryl methyl sites for hydroxylation is 1. The Labute approximate surface area is 180 Å². The summed E-state index contributed by atoms with van der Waals surface area (Å²) in [5.41, 5.74) is 1.48. The molecule has 2 N–H and O–H groups in total. The van der Waals surface area contributed by atoms with Gasteiger partial charge in [-0.3, -0.25) is 9.59 Å². The first-order valence-corrected chi connectivity index (χ1v) is 10.4. The van der Waals surface area contributed by atoms with Gasteiger partial charge in [-0.15, -0.1) is 11.3 Å². The number of alkyl halides is 3. The molecule has 0 radical (unpaired) electrons. The molecule has 9 heteroatoms. The zero-order valence-electron chi connectivity index (χ0n) is 16.4. The Morgan fingerprint density at radius 3 is 2.10 bits per heavy atom. The van der Waals surface area contributed by atoms with Crippen molar-refractivity contribution >= 4 is 34.5 Å². The molecule has 160 valence electrons. The number of benzene rings is 2. The van der Waals surface area contributed by atoms with E-state index in [1.165, 1.54) is 12.1 Å². The molecule has 1 saturated carbocycles. The van der Waals surface area contributed by atoms with Gasteiger partial charge < -0.3 is 10.6 Å². The SMILES string of the molecule is Cc1nc(-c2ccc(C(F)(F)F)cc2)sc1C(=O)Nc1ccc(NC(=O)C2CC2)cc1. The highest BCUT2D eigenvalue weighted by Crippen LogP contribution is 2.33. The lowest BCUT2D eigenvalue weighted by molar-refractivity contribution is -0.137. The number of carbonyl (C=O) groups is 2. The summed E-state index contributed by atoms with van der Waals surface area (Å²) in [6, 6.07) is 11.5. The third kappa shape index (κ3) is 4.93. The number of amides is 2. The number of nitrogens with one attached hydrogen (secondary N) is 2. The van der Waals surface area contributed by atoms with Crippen LogP contribution in [0, 0.1) is 12.8 Å². The van der Waals surface area contributed by atoms with Crippen molar-refractivity contribution in [2.24, 2.45) is 5.92 Å². The van der Waals surface area contributed by atoms with E-state index in [9.17, 15) is 22.8 Å². The van der Waals surface area contributed by atoms with Crippen LogP contribution in [0.5, 0.6) is 0 Å². The molecule has 1 aliphatic rings. The minimum Gasteiger partial charge on any atom is -0.326 e. The van der Waals surface area contributed by atoms with Crippen molar-refractivity contribution < 1.29 is 22.8 Å². The first kappa shape index (κ1) is 21.0. The van der Waals surface area contributed by atoms with Gasteiger partial charge in [-0.2, -0.15) is 13.2 Å². The number of hydrogen-bond acceptors (Lipinski definition) is 4. The van der Waals surface area contributed by atoms with Gasteiger partial charge in [-0.05, 0) is 56.2 Å². The van der Waals surface area contributed by atoms with Gasteiger partial charge in [-0.25, -0.2) is 4.98 Å². The third-order valence-corrected chi connectivity index (χ3v) is 6.03. The fraction of sp³-hybridized carbons (Fsp3) is 0.227. The van der Waals surface area contributed by atoms with Crippen molar-refractivity contribution in [2.75, 3.05) is 10.6 Å². The predicted octanol–water partition coefficient (Wildman–Crippen LogP) is 5.74. The molecule has 2 aromatic carbocycles. The zero-order chi connectivity index (χ0) is 22.2. The molecule has 0 unspecified atom stereocenters. The van der Waals surface area contributed by atoms with E-state index in [0.29, 0.717) is 32.5 Å². The Morgan fingerprint density at radius 1 is 0.968 bits per heavy atom. The molecular formula is C22H18F3N3O2S. The Balaban J connectivity index is 1.44. The fourth-order valence-electron chi connectivity index (χ4n) is 2.95. The first-order valence-electron chi connectivity index (χ1n) is 9.58. The number of hydrogen-bond donors (Lipinski definition) is 2. The number of carbonyl (C=O) groups excluding carboxylic acids is 2. The Kier molecular flexibility index (Phi) is 5.53. The first-order chi connectivity index (χ1) is 14.7. The van der Waals surface area contributed by atoms with Crippen LogP contribution in [0.3, 0.4) is 0 Å². The molecule has 1 aromatic heterocycles. The van der Waals surface area contributed by atoms with Gasteiger partial charge in [0.05, 0.1) is 11.3 Å². The summed E-state index contributed by atoms with van der Waals surface area (Å²) in [5.74, 6) is -0.247. The van der Waals surface area contributed by atoms with Crippen LogP contribution in [0.25, 0.3) is 10.6 Å². The largest absolute Gasteiger partial charge is 0.416 e. The summed E-state index contributed by atoms with van der Waals surface area (Å²) in [7, 11) is 0. The van der Waals surface area contributed by atoms with Crippen molar-refractivity contribution in [2.45, 2.75) is 25.9 Å².